The molecule has 0 aromatic heterocycles. The molecule has 19 unspecified atom stereocenters. The highest BCUT2D eigenvalue weighted by molar-refractivity contribution is 5.79. The van der Waals surface area contributed by atoms with Crippen molar-refractivity contribution >= 4 is 5.78 Å². The van der Waals surface area contributed by atoms with Crippen molar-refractivity contribution in [3.63, 3.8) is 0 Å². The number of hydrogen-bond donors (Lipinski definition) is 1. The SMILES string of the molecule is C=C1C(C)CC2CCC3OC(CCC45CC6OC7C(OC8CCC(CC(=O)CC9C(CC1C2)OC(CC(O)CCC)C9OC)OC8C7O4)C6O5)CC3=C. The summed E-state index contributed by atoms with van der Waals surface area (Å²) in [5.41, 5.74) is 2.51. The Morgan fingerprint density at radius 3 is 2.45 bits per heavy atom. The number of Topliss-reactive ketones (excluding diaryl/α,β-unsaturated/α-hetero) is 1. The van der Waals surface area contributed by atoms with E-state index in [2.05, 4.69) is 27.0 Å². The van der Waals surface area contributed by atoms with Crippen molar-refractivity contribution in [3.05, 3.63) is 24.3 Å². The van der Waals surface area contributed by atoms with Crippen LogP contribution in [0.2, 0.25) is 0 Å². The normalized spacial score (nSPS) is 51.6. The van der Waals surface area contributed by atoms with Gasteiger partial charge in [0.05, 0.1) is 54.9 Å². The van der Waals surface area contributed by atoms with Crippen molar-refractivity contribution in [2.45, 2.75) is 208 Å². The van der Waals surface area contributed by atoms with E-state index in [0.717, 1.165) is 77.0 Å². The predicted octanol–water partition coefficient (Wildman–Crippen LogP) is 6.15. The fourth-order valence-electron chi connectivity index (χ4n) is 12.3. The first kappa shape index (κ1) is 37.4. The number of ketones is 1. The van der Waals surface area contributed by atoms with Gasteiger partial charge in [-0.1, -0.05) is 39.0 Å². The van der Waals surface area contributed by atoms with Crippen molar-refractivity contribution in [1.29, 1.82) is 0 Å². The molecule has 1 N–H and O–H groups in total. The van der Waals surface area contributed by atoms with Gasteiger partial charge in [-0.25, -0.2) is 0 Å². The lowest BCUT2D eigenvalue weighted by Crippen LogP contribution is -2.61. The molecule has 0 aromatic carbocycles. The number of ether oxygens (including phenoxy) is 8. The van der Waals surface area contributed by atoms with Gasteiger partial charge >= 0.3 is 0 Å². The summed E-state index contributed by atoms with van der Waals surface area (Å²) in [5, 5.41) is 10.9. The van der Waals surface area contributed by atoms with E-state index in [-0.39, 0.29) is 91.1 Å². The van der Waals surface area contributed by atoms with Gasteiger partial charge in [0.25, 0.3) is 0 Å². The summed E-state index contributed by atoms with van der Waals surface area (Å²) < 4.78 is 53.7. The van der Waals surface area contributed by atoms with Gasteiger partial charge in [-0.15, -0.1) is 0 Å². The molecule has 9 saturated heterocycles. The van der Waals surface area contributed by atoms with Crippen LogP contribution >= 0.6 is 0 Å². The van der Waals surface area contributed by atoms with E-state index in [1.165, 1.54) is 11.1 Å². The van der Waals surface area contributed by atoms with Crippen molar-refractivity contribution in [3.8, 4) is 0 Å². The van der Waals surface area contributed by atoms with Crippen LogP contribution in [0.25, 0.3) is 0 Å². The minimum Gasteiger partial charge on any atom is -0.393 e. The predicted molar refractivity (Wildman–Crippen MR) is 195 cm³/mol. The molecule has 53 heavy (non-hydrogen) atoms. The monoisotopic (exact) mass is 740 g/mol. The molecule has 10 aliphatic rings. The van der Waals surface area contributed by atoms with Gasteiger partial charge in [-0.2, -0.15) is 0 Å². The first-order valence-electron chi connectivity index (χ1n) is 21.3. The van der Waals surface area contributed by atoms with Gasteiger partial charge in [0.15, 0.2) is 5.79 Å². The molecule has 1 spiro atoms. The lowest BCUT2D eigenvalue weighted by Gasteiger charge is -2.47. The summed E-state index contributed by atoms with van der Waals surface area (Å²) in [6, 6.07) is 0. The molecule has 0 aromatic rings. The number of rotatable bonds is 5. The van der Waals surface area contributed by atoms with Crippen molar-refractivity contribution in [2.75, 3.05) is 7.11 Å². The first-order chi connectivity index (χ1) is 25.6. The second-order valence-corrected chi connectivity index (χ2v) is 18.5. The third-order valence-electron chi connectivity index (χ3n) is 14.9. The number of hydrogen-bond acceptors (Lipinski definition) is 10. The number of fused-ring (bicyclic) bond motifs is 6. The van der Waals surface area contributed by atoms with Crippen LogP contribution in [0.15, 0.2) is 24.3 Å². The fraction of sp³-hybridized carbons (Fsp3) is 0.884. The molecule has 12 bridgehead atoms. The van der Waals surface area contributed by atoms with Crippen LogP contribution in [0, 0.1) is 23.7 Å². The molecule has 10 nitrogen and oxygen atoms in total. The van der Waals surface area contributed by atoms with E-state index in [1.807, 2.05) is 0 Å². The smallest absolute Gasteiger partial charge is 0.172 e. The van der Waals surface area contributed by atoms with Gasteiger partial charge in [0.2, 0.25) is 0 Å². The molecule has 19 atom stereocenters. The summed E-state index contributed by atoms with van der Waals surface area (Å²) in [6.45, 7) is 13.5. The molecule has 296 valence electrons. The maximum absolute atomic E-state index is 14.2. The second kappa shape index (κ2) is 14.9. The lowest BCUT2D eigenvalue weighted by molar-refractivity contribution is -0.292. The van der Waals surface area contributed by atoms with Crippen LogP contribution < -0.4 is 0 Å². The molecule has 10 heteroatoms. The van der Waals surface area contributed by atoms with Crippen LogP contribution in [-0.4, -0.2) is 109 Å². The van der Waals surface area contributed by atoms with Gasteiger partial charge in [0.1, 0.15) is 36.3 Å². The number of aliphatic hydroxyl groups excluding tert-OH is 1. The molecule has 10 rings (SSSR count). The zero-order chi connectivity index (χ0) is 36.6. The topological polar surface area (TPSA) is 111 Å². The van der Waals surface area contributed by atoms with Crippen molar-refractivity contribution in [2.24, 2.45) is 23.7 Å². The highest BCUT2D eigenvalue weighted by Gasteiger charge is 2.68. The van der Waals surface area contributed by atoms with E-state index in [9.17, 15) is 9.90 Å². The average molecular weight is 741 g/mol. The number of methoxy groups -OCH3 is 1. The molecule has 9 aliphatic heterocycles. The molecular weight excluding hydrogens is 676 g/mol. The van der Waals surface area contributed by atoms with Crippen LogP contribution in [-0.2, 0) is 42.7 Å². The lowest BCUT2D eigenvalue weighted by atomic mass is 9.68. The highest BCUT2D eigenvalue weighted by atomic mass is 16.8. The van der Waals surface area contributed by atoms with Crippen LogP contribution in [0.3, 0.4) is 0 Å². The maximum atomic E-state index is 14.2. The van der Waals surface area contributed by atoms with Gasteiger partial charge in [-0.05, 0) is 87.5 Å². The fourth-order valence-corrected chi connectivity index (χ4v) is 12.3. The third-order valence-corrected chi connectivity index (χ3v) is 14.9. The van der Waals surface area contributed by atoms with Gasteiger partial charge in [0, 0.05) is 45.1 Å². The number of aliphatic hydroxyl groups is 1. The Morgan fingerprint density at radius 2 is 1.62 bits per heavy atom. The van der Waals surface area contributed by atoms with Crippen LogP contribution in [0.4, 0.5) is 0 Å². The Morgan fingerprint density at radius 1 is 0.830 bits per heavy atom. The molecule has 1 aliphatic carbocycles. The standard InChI is InChI=1S/C43H64O10/c1-6-7-27(44)20-35-37(46-5)31-19-28(45)18-29-9-11-33-38(48-29)42-41-40(50-33)39-36(51-41)21-43(52-39,53-42)13-12-30-15-23(3)32(47-30)10-8-25-14-22(2)24(4)26(16-25)17-34(31)49-35/h22,25-27,29-42,44H,3-4,6-21H2,1-2,5H3. The van der Waals surface area contributed by atoms with Crippen molar-refractivity contribution < 1.29 is 47.8 Å². The Bertz CT molecular complexity index is 1390. The van der Waals surface area contributed by atoms with E-state index in [1.54, 1.807) is 7.11 Å². The van der Waals surface area contributed by atoms with Gasteiger partial charge < -0.3 is 43.0 Å². The highest BCUT2D eigenvalue weighted by Crippen LogP contribution is 2.54. The first-order valence-corrected chi connectivity index (χ1v) is 21.3. The zero-order valence-corrected chi connectivity index (χ0v) is 32.2. The second-order valence-electron chi connectivity index (χ2n) is 18.5. The minimum atomic E-state index is -0.753. The summed E-state index contributed by atoms with van der Waals surface area (Å²) in [6.07, 6.45) is 10.1. The van der Waals surface area contributed by atoms with Gasteiger partial charge in [-0.3, -0.25) is 4.79 Å². The van der Waals surface area contributed by atoms with E-state index >= 15 is 0 Å². The largest absolute Gasteiger partial charge is 0.393 e. The molecule has 9 heterocycles. The maximum Gasteiger partial charge on any atom is 0.172 e. The van der Waals surface area contributed by atoms with Crippen LogP contribution in [0.1, 0.15) is 117 Å². The Kier molecular flexibility index (Phi) is 10.5. The number of carbonyl (C=O) groups excluding carboxylic acids is 1. The molecular formula is C43H64O10. The quantitative estimate of drug-likeness (QED) is 0.330. The summed E-state index contributed by atoms with van der Waals surface area (Å²) in [4.78, 5) is 14.2. The molecule has 1 saturated carbocycles. The number of allylic oxidation sites excluding steroid dienone is 1. The summed E-state index contributed by atoms with van der Waals surface area (Å²) >= 11 is 0. The van der Waals surface area contributed by atoms with Crippen LogP contribution in [0.5, 0.6) is 0 Å². The summed E-state index contributed by atoms with van der Waals surface area (Å²) in [5.74, 6) is 0.606. The van der Waals surface area contributed by atoms with E-state index in [0.29, 0.717) is 43.4 Å². The Hall–Kier alpha value is -1.21. The average Bonchev–Trinajstić information content (AvgIpc) is 3.80. The number of carbonyl (C=O) groups is 1. The van der Waals surface area contributed by atoms with Crippen molar-refractivity contribution in [1.82, 2.24) is 0 Å². The Labute approximate surface area is 315 Å². The summed E-state index contributed by atoms with van der Waals surface area (Å²) in [7, 11) is 1.73. The van der Waals surface area contributed by atoms with E-state index in [4.69, 9.17) is 37.9 Å². The third kappa shape index (κ3) is 7.07. The molecule has 10 fully saturated rings. The zero-order valence-electron chi connectivity index (χ0n) is 32.2. The van der Waals surface area contributed by atoms with E-state index < -0.39 is 11.9 Å². The molecule has 0 amide bonds. The minimum absolute atomic E-state index is 0.0470. The molecule has 0 radical (unpaired) electrons. The Balaban J connectivity index is 0.990.